The van der Waals surface area contributed by atoms with E-state index in [1.54, 1.807) is 6.07 Å². The molecule has 1 fully saturated rings. The number of nitrogens with zero attached hydrogens (tertiary/aromatic N) is 2. The fourth-order valence-electron chi connectivity index (χ4n) is 3.69. The zero-order chi connectivity index (χ0) is 23.5. The van der Waals surface area contributed by atoms with Gasteiger partial charge in [0.15, 0.2) is 6.61 Å². The first-order valence-electron chi connectivity index (χ1n) is 10.4. The van der Waals surface area contributed by atoms with Crippen LogP contribution in [0.25, 0.3) is 0 Å². The van der Waals surface area contributed by atoms with Crippen molar-refractivity contribution < 1.29 is 31.9 Å². The second-order valence-electron chi connectivity index (χ2n) is 7.59. The van der Waals surface area contributed by atoms with E-state index in [2.05, 4.69) is 0 Å². The summed E-state index contributed by atoms with van der Waals surface area (Å²) >= 11 is 0. The molecular formula is C22H27FN2O6S. The maximum Gasteiger partial charge on any atom is 0.341 e. The van der Waals surface area contributed by atoms with Crippen molar-refractivity contribution in [3.63, 3.8) is 0 Å². The van der Waals surface area contributed by atoms with Crippen molar-refractivity contribution in [2.45, 2.75) is 38.6 Å². The molecule has 1 aliphatic rings. The van der Waals surface area contributed by atoms with Crippen LogP contribution >= 0.6 is 0 Å². The molecule has 0 atom stereocenters. The quantitative estimate of drug-likeness (QED) is 0.439. The molecule has 0 bridgehead atoms. The molecule has 0 N–H and O–H groups in total. The summed E-state index contributed by atoms with van der Waals surface area (Å²) in [5, 5.41) is 0. The van der Waals surface area contributed by atoms with Crippen LogP contribution in [0.2, 0.25) is 0 Å². The van der Waals surface area contributed by atoms with Crippen LogP contribution in [-0.4, -0.2) is 62.0 Å². The van der Waals surface area contributed by atoms with Crippen molar-refractivity contribution in [3.05, 3.63) is 52.6 Å². The molecule has 2 heterocycles. The number of morpholine rings is 1. The highest BCUT2D eigenvalue weighted by Crippen LogP contribution is 2.21. The first-order valence-corrected chi connectivity index (χ1v) is 11.8. The Labute approximate surface area is 187 Å². The van der Waals surface area contributed by atoms with Gasteiger partial charge in [-0.3, -0.25) is 4.79 Å². The van der Waals surface area contributed by atoms with Crippen molar-refractivity contribution >= 4 is 21.8 Å². The summed E-state index contributed by atoms with van der Waals surface area (Å²) in [5.41, 5.74) is 1.60. The normalized spacial score (nSPS) is 15.0. The molecule has 174 valence electrons. The van der Waals surface area contributed by atoms with E-state index in [4.69, 9.17) is 9.47 Å². The van der Waals surface area contributed by atoms with Gasteiger partial charge in [0.25, 0.3) is 0 Å². The Bertz CT molecular complexity index is 1120. The van der Waals surface area contributed by atoms with Crippen molar-refractivity contribution in [3.8, 4) is 0 Å². The molecule has 0 radical (unpaired) electrons. The van der Waals surface area contributed by atoms with Crippen LogP contribution in [0.15, 0.2) is 29.2 Å². The summed E-state index contributed by atoms with van der Waals surface area (Å²) < 4.78 is 53.3. The monoisotopic (exact) mass is 466 g/mol. The van der Waals surface area contributed by atoms with E-state index in [-0.39, 0.29) is 31.2 Å². The summed E-state index contributed by atoms with van der Waals surface area (Å²) in [4.78, 5) is 24.8. The third-order valence-corrected chi connectivity index (χ3v) is 7.32. The van der Waals surface area contributed by atoms with E-state index in [1.807, 2.05) is 25.3 Å². The van der Waals surface area contributed by atoms with Gasteiger partial charge in [-0.2, -0.15) is 4.31 Å². The summed E-state index contributed by atoms with van der Waals surface area (Å²) in [7, 11) is -3.91. The van der Waals surface area contributed by atoms with E-state index in [0.717, 1.165) is 42.6 Å². The van der Waals surface area contributed by atoms with E-state index in [0.29, 0.717) is 5.56 Å². The topological polar surface area (TPSA) is 94.9 Å². The summed E-state index contributed by atoms with van der Waals surface area (Å²) in [5.74, 6) is -2.44. The number of aromatic nitrogens is 1. The highest BCUT2D eigenvalue weighted by atomic mass is 32.2. The molecule has 10 heteroatoms. The molecule has 0 unspecified atom stereocenters. The Morgan fingerprint density at radius 3 is 2.47 bits per heavy atom. The Balaban J connectivity index is 1.75. The first kappa shape index (κ1) is 24.1. The zero-order valence-corrected chi connectivity index (χ0v) is 19.2. The number of carbonyl (C=O) groups excluding carboxylic acids is 2. The highest BCUT2D eigenvalue weighted by Gasteiger charge is 2.28. The van der Waals surface area contributed by atoms with Crippen molar-refractivity contribution in [2.24, 2.45) is 0 Å². The van der Waals surface area contributed by atoms with Gasteiger partial charge in [-0.25, -0.2) is 17.6 Å². The smallest absolute Gasteiger partial charge is 0.341 e. The van der Waals surface area contributed by atoms with Gasteiger partial charge in [-0.05, 0) is 44.5 Å². The lowest BCUT2D eigenvalue weighted by atomic mass is 10.1. The minimum absolute atomic E-state index is 0.171. The van der Waals surface area contributed by atoms with E-state index < -0.39 is 39.8 Å². The second kappa shape index (κ2) is 9.93. The molecule has 1 aromatic heterocycles. The van der Waals surface area contributed by atoms with Gasteiger partial charge >= 0.3 is 5.97 Å². The summed E-state index contributed by atoms with van der Waals surface area (Å²) in [6.45, 7) is 6.79. The molecule has 1 aromatic carbocycles. The number of halogens is 1. The Kier molecular flexibility index (Phi) is 7.47. The molecule has 0 spiro atoms. The van der Waals surface area contributed by atoms with Crippen LogP contribution in [0.3, 0.4) is 0 Å². The van der Waals surface area contributed by atoms with E-state index >= 15 is 0 Å². The molecule has 0 aliphatic carbocycles. The van der Waals surface area contributed by atoms with Gasteiger partial charge in [0.2, 0.25) is 15.8 Å². The highest BCUT2D eigenvalue weighted by molar-refractivity contribution is 7.89. The number of rotatable bonds is 8. The average molecular weight is 467 g/mol. The molecule has 0 saturated carbocycles. The number of carbonyl (C=O) groups is 2. The molecule has 1 saturated heterocycles. The molecule has 8 nitrogen and oxygen atoms in total. The fraction of sp³-hybridized carbons (Fsp3) is 0.455. The largest absolute Gasteiger partial charge is 0.454 e. The number of ether oxygens (including phenoxy) is 2. The van der Waals surface area contributed by atoms with Gasteiger partial charge in [0.05, 0.1) is 23.7 Å². The Morgan fingerprint density at radius 1 is 1.12 bits per heavy atom. The van der Waals surface area contributed by atoms with Crippen molar-refractivity contribution in [1.29, 1.82) is 0 Å². The molecule has 3 rings (SSSR count). The fourth-order valence-corrected chi connectivity index (χ4v) is 5.13. The molecular weight excluding hydrogens is 439 g/mol. The average Bonchev–Trinajstić information content (AvgIpc) is 3.06. The minimum atomic E-state index is -3.91. The summed E-state index contributed by atoms with van der Waals surface area (Å²) in [6, 6.07) is 4.69. The van der Waals surface area contributed by atoms with Crippen LogP contribution in [0, 0.1) is 19.7 Å². The SMILES string of the molecule is CCCn1c(C)cc(C(=O)COC(=O)c2cc(S(=O)(=O)N3CCOCC3)ccc2F)c1C. The molecule has 0 amide bonds. The van der Waals surface area contributed by atoms with Crippen molar-refractivity contribution in [1.82, 2.24) is 8.87 Å². The number of hydrogen-bond acceptors (Lipinski definition) is 6. The van der Waals surface area contributed by atoms with E-state index in [1.165, 1.54) is 4.31 Å². The number of sulfonamides is 1. The standard InChI is InChI=1S/C22H27FN2O6S/c1-4-7-25-15(2)12-18(16(25)3)21(26)14-31-22(27)19-13-17(5-6-20(19)23)32(28,29)24-8-10-30-11-9-24/h5-6,12-13H,4,7-11,14H2,1-3H3. The Morgan fingerprint density at radius 2 is 1.81 bits per heavy atom. The summed E-state index contributed by atoms with van der Waals surface area (Å²) in [6.07, 6.45) is 0.905. The van der Waals surface area contributed by atoms with Gasteiger partial charge in [0, 0.05) is 36.6 Å². The first-order chi connectivity index (χ1) is 15.2. The molecule has 32 heavy (non-hydrogen) atoms. The number of hydrogen-bond donors (Lipinski definition) is 0. The maximum absolute atomic E-state index is 14.3. The predicted molar refractivity (Wildman–Crippen MR) is 115 cm³/mol. The van der Waals surface area contributed by atoms with Crippen LogP contribution in [0.4, 0.5) is 4.39 Å². The maximum atomic E-state index is 14.3. The van der Waals surface area contributed by atoms with Crippen LogP contribution in [0.1, 0.15) is 45.4 Å². The zero-order valence-electron chi connectivity index (χ0n) is 18.4. The van der Waals surface area contributed by atoms with E-state index in [9.17, 15) is 22.4 Å². The van der Waals surface area contributed by atoms with Gasteiger partial charge in [0.1, 0.15) is 5.82 Å². The third kappa shape index (κ3) is 4.92. The number of benzene rings is 1. The lowest BCUT2D eigenvalue weighted by Gasteiger charge is -2.26. The van der Waals surface area contributed by atoms with Gasteiger partial charge < -0.3 is 14.0 Å². The van der Waals surface area contributed by atoms with Gasteiger partial charge in [-0.15, -0.1) is 0 Å². The second-order valence-corrected chi connectivity index (χ2v) is 9.53. The van der Waals surface area contributed by atoms with Crippen LogP contribution in [0.5, 0.6) is 0 Å². The lowest BCUT2D eigenvalue weighted by molar-refractivity contribution is 0.0469. The predicted octanol–water partition coefficient (Wildman–Crippen LogP) is 2.71. The third-order valence-electron chi connectivity index (χ3n) is 5.42. The number of esters is 1. The number of ketones is 1. The molecule has 2 aromatic rings. The lowest BCUT2D eigenvalue weighted by Crippen LogP contribution is -2.40. The Hall–Kier alpha value is -2.56. The number of aryl methyl sites for hydroxylation is 1. The van der Waals surface area contributed by atoms with Gasteiger partial charge in [-0.1, -0.05) is 6.92 Å². The van der Waals surface area contributed by atoms with Crippen LogP contribution < -0.4 is 0 Å². The minimum Gasteiger partial charge on any atom is -0.454 e. The van der Waals surface area contributed by atoms with Crippen LogP contribution in [-0.2, 0) is 26.0 Å². The van der Waals surface area contributed by atoms with Crippen molar-refractivity contribution in [2.75, 3.05) is 32.9 Å². The molecule has 1 aliphatic heterocycles. The number of Topliss-reactive ketones (excluding diaryl/α,β-unsaturated/α-hetero) is 1.